The van der Waals surface area contributed by atoms with Gasteiger partial charge in [0, 0.05) is 18.7 Å². The number of rotatable bonds is 6. The fourth-order valence-corrected chi connectivity index (χ4v) is 3.99. The summed E-state index contributed by atoms with van der Waals surface area (Å²) in [4.78, 5) is 4.05. The SMILES string of the molecule is CNCc1cc(S(=O)(=O)c2cccc(OC)n2)n(-c2ccccc2Cl)n1.Cl. The van der Waals surface area contributed by atoms with Crippen molar-refractivity contribution in [3.8, 4) is 11.6 Å². The Labute approximate surface area is 168 Å². The van der Waals surface area contributed by atoms with E-state index in [2.05, 4.69) is 15.4 Å². The second kappa shape index (κ2) is 8.71. The number of hydrogen-bond donors (Lipinski definition) is 1. The molecule has 0 aliphatic rings. The maximum Gasteiger partial charge on any atom is 0.241 e. The van der Waals surface area contributed by atoms with Gasteiger partial charge < -0.3 is 10.1 Å². The summed E-state index contributed by atoms with van der Waals surface area (Å²) >= 11 is 6.25. The Kier molecular flexibility index (Phi) is 6.83. The van der Waals surface area contributed by atoms with Crippen molar-refractivity contribution in [2.24, 2.45) is 0 Å². The summed E-state index contributed by atoms with van der Waals surface area (Å²) in [7, 11) is -0.757. The molecule has 0 saturated heterocycles. The van der Waals surface area contributed by atoms with Gasteiger partial charge in [-0.1, -0.05) is 29.8 Å². The molecular formula is C17H18Cl2N4O3S. The van der Waals surface area contributed by atoms with Crippen LogP contribution in [-0.4, -0.2) is 37.3 Å². The molecule has 1 aromatic carbocycles. The van der Waals surface area contributed by atoms with Gasteiger partial charge in [-0.25, -0.2) is 18.1 Å². The van der Waals surface area contributed by atoms with Crippen LogP contribution in [0.5, 0.6) is 5.88 Å². The van der Waals surface area contributed by atoms with Crippen LogP contribution >= 0.6 is 24.0 Å². The van der Waals surface area contributed by atoms with Gasteiger partial charge in [-0.15, -0.1) is 12.4 Å². The van der Waals surface area contributed by atoms with E-state index in [1.54, 1.807) is 43.4 Å². The molecule has 2 heterocycles. The number of pyridine rings is 1. The van der Waals surface area contributed by atoms with Crippen molar-refractivity contribution in [3.05, 3.63) is 59.2 Å². The molecule has 10 heteroatoms. The summed E-state index contributed by atoms with van der Waals surface area (Å²) in [5.74, 6) is 0.213. The van der Waals surface area contributed by atoms with E-state index in [1.165, 1.54) is 23.9 Å². The lowest BCUT2D eigenvalue weighted by molar-refractivity contribution is 0.393. The molecule has 1 N–H and O–H groups in total. The smallest absolute Gasteiger partial charge is 0.241 e. The van der Waals surface area contributed by atoms with Gasteiger partial charge in [0.1, 0.15) is 0 Å². The lowest BCUT2D eigenvalue weighted by Crippen LogP contribution is -2.12. The van der Waals surface area contributed by atoms with Crippen LogP contribution in [-0.2, 0) is 16.4 Å². The molecule has 0 radical (unpaired) electrons. The zero-order chi connectivity index (χ0) is 18.7. The fourth-order valence-electron chi connectivity index (χ4n) is 2.43. The van der Waals surface area contributed by atoms with E-state index in [0.29, 0.717) is 22.9 Å². The molecule has 3 rings (SSSR count). The number of sulfone groups is 1. The molecule has 0 bridgehead atoms. The molecule has 0 unspecified atom stereocenters. The number of hydrogen-bond acceptors (Lipinski definition) is 6. The highest BCUT2D eigenvalue weighted by Gasteiger charge is 2.27. The highest BCUT2D eigenvalue weighted by molar-refractivity contribution is 7.91. The molecule has 0 aliphatic heterocycles. The first-order valence-corrected chi connectivity index (χ1v) is 9.58. The normalized spacial score (nSPS) is 11.1. The Morgan fingerprint density at radius 3 is 2.59 bits per heavy atom. The summed E-state index contributed by atoms with van der Waals surface area (Å²) < 4.78 is 32.7. The van der Waals surface area contributed by atoms with E-state index >= 15 is 0 Å². The summed E-state index contributed by atoms with van der Waals surface area (Å²) in [6.45, 7) is 0.408. The highest BCUT2D eigenvalue weighted by atomic mass is 35.5. The summed E-state index contributed by atoms with van der Waals surface area (Å²) in [5, 5.41) is 7.61. The predicted octanol–water partition coefficient (Wildman–Crippen LogP) is 2.90. The van der Waals surface area contributed by atoms with Gasteiger partial charge >= 0.3 is 0 Å². The Morgan fingerprint density at radius 1 is 1.19 bits per heavy atom. The quantitative estimate of drug-likeness (QED) is 0.649. The van der Waals surface area contributed by atoms with Crippen molar-refractivity contribution >= 4 is 33.8 Å². The van der Waals surface area contributed by atoms with Gasteiger partial charge in [0.15, 0.2) is 10.1 Å². The summed E-state index contributed by atoms with van der Waals surface area (Å²) in [6, 6.07) is 13.0. The Hall–Kier alpha value is -2.13. The minimum atomic E-state index is -3.94. The number of methoxy groups -OCH3 is 1. The minimum absolute atomic E-state index is 0. The van der Waals surface area contributed by atoms with E-state index in [-0.39, 0.29) is 28.3 Å². The number of aromatic nitrogens is 3. The maximum atomic E-state index is 13.2. The molecule has 2 aromatic heterocycles. The standard InChI is InChI=1S/C17H17ClN4O3S.ClH/c1-19-11-12-10-17(22(21-12)14-7-4-3-6-13(14)18)26(23,24)16-9-5-8-15(20-16)25-2;/h3-10,19H,11H2,1-2H3;1H. The van der Waals surface area contributed by atoms with Crippen LogP contribution in [0, 0.1) is 0 Å². The van der Waals surface area contributed by atoms with Crippen LogP contribution in [0.25, 0.3) is 5.69 Å². The van der Waals surface area contributed by atoms with Crippen molar-refractivity contribution in [2.45, 2.75) is 16.6 Å². The Bertz CT molecular complexity index is 1040. The van der Waals surface area contributed by atoms with E-state index < -0.39 is 9.84 Å². The van der Waals surface area contributed by atoms with Crippen LogP contribution in [0.15, 0.2) is 58.6 Å². The van der Waals surface area contributed by atoms with E-state index in [1.807, 2.05) is 0 Å². The van der Waals surface area contributed by atoms with Crippen molar-refractivity contribution in [2.75, 3.05) is 14.2 Å². The second-order valence-electron chi connectivity index (χ2n) is 5.39. The zero-order valence-electron chi connectivity index (χ0n) is 14.6. The molecule has 0 atom stereocenters. The van der Waals surface area contributed by atoms with Crippen LogP contribution < -0.4 is 10.1 Å². The topological polar surface area (TPSA) is 86.1 Å². The predicted molar refractivity (Wildman–Crippen MR) is 105 cm³/mol. The van der Waals surface area contributed by atoms with Gasteiger partial charge in [0.2, 0.25) is 15.7 Å². The number of ether oxygens (including phenoxy) is 1. The third-order valence-electron chi connectivity index (χ3n) is 3.62. The van der Waals surface area contributed by atoms with Gasteiger partial charge in [0.05, 0.1) is 23.5 Å². The number of benzene rings is 1. The zero-order valence-corrected chi connectivity index (χ0v) is 17.0. The Morgan fingerprint density at radius 2 is 1.93 bits per heavy atom. The molecule has 0 fully saturated rings. The molecule has 0 aliphatic carbocycles. The molecule has 0 amide bonds. The number of nitrogens with zero attached hydrogens (tertiary/aromatic N) is 3. The number of nitrogens with one attached hydrogen (secondary N) is 1. The van der Waals surface area contributed by atoms with E-state index in [4.69, 9.17) is 16.3 Å². The van der Waals surface area contributed by atoms with Gasteiger partial charge in [-0.3, -0.25) is 0 Å². The molecule has 0 saturated carbocycles. The molecule has 27 heavy (non-hydrogen) atoms. The van der Waals surface area contributed by atoms with E-state index in [9.17, 15) is 8.42 Å². The van der Waals surface area contributed by atoms with Crippen LogP contribution in [0.1, 0.15) is 5.69 Å². The summed E-state index contributed by atoms with van der Waals surface area (Å²) in [6.07, 6.45) is 0. The van der Waals surface area contributed by atoms with Gasteiger partial charge in [-0.05, 0) is 25.2 Å². The lowest BCUT2D eigenvalue weighted by atomic mass is 10.3. The van der Waals surface area contributed by atoms with Crippen molar-refractivity contribution in [1.29, 1.82) is 0 Å². The lowest BCUT2D eigenvalue weighted by Gasteiger charge is -2.10. The molecule has 144 valence electrons. The maximum absolute atomic E-state index is 13.2. The molecule has 0 spiro atoms. The van der Waals surface area contributed by atoms with Gasteiger partial charge in [-0.2, -0.15) is 5.10 Å². The van der Waals surface area contributed by atoms with Crippen molar-refractivity contribution in [3.63, 3.8) is 0 Å². The van der Waals surface area contributed by atoms with Crippen LogP contribution in [0.3, 0.4) is 0 Å². The van der Waals surface area contributed by atoms with E-state index in [0.717, 1.165) is 0 Å². The fraction of sp³-hybridized carbons (Fsp3) is 0.176. The Balaban J connectivity index is 0.00000261. The summed E-state index contributed by atoms with van der Waals surface area (Å²) in [5.41, 5.74) is 1.03. The third-order valence-corrected chi connectivity index (χ3v) is 5.56. The first kappa shape index (κ1) is 21.2. The first-order valence-electron chi connectivity index (χ1n) is 7.72. The number of halogens is 2. The van der Waals surface area contributed by atoms with Crippen LogP contribution in [0.2, 0.25) is 5.02 Å². The van der Waals surface area contributed by atoms with Crippen molar-refractivity contribution in [1.82, 2.24) is 20.1 Å². The average molecular weight is 429 g/mol. The van der Waals surface area contributed by atoms with Crippen molar-refractivity contribution < 1.29 is 13.2 Å². The molecule has 7 nitrogen and oxygen atoms in total. The second-order valence-corrected chi connectivity index (χ2v) is 7.64. The van der Waals surface area contributed by atoms with Gasteiger partial charge in [0.25, 0.3) is 0 Å². The monoisotopic (exact) mass is 428 g/mol. The third kappa shape index (κ3) is 4.24. The average Bonchev–Trinajstić information content (AvgIpc) is 3.07. The molecule has 3 aromatic rings. The number of para-hydroxylation sites is 1. The highest BCUT2D eigenvalue weighted by Crippen LogP contribution is 2.27. The van der Waals surface area contributed by atoms with Crippen LogP contribution in [0.4, 0.5) is 0 Å². The molecular weight excluding hydrogens is 411 g/mol. The largest absolute Gasteiger partial charge is 0.481 e. The first-order chi connectivity index (χ1) is 12.5. The minimum Gasteiger partial charge on any atom is -0.481 e.